The minimum atomic E-state index is 0.699. The second-order valence-electron chi connectivity index (χ2n) is 4.55. The number of hydrogen-bond acceptors (Lipinski definition) is 1. The Morgan fingerprint density at radius 3 is 2.44 bits per heavy atom. The van der Waals surface area contributed by atoms with Crippen molar-refractivity contribution >= 4 is 11.6 Å². The second-order valence-corrected chi connectivity index (χ2v) is 4.95. The summed E-state index contributed by atoms with van der Waals surface area (Å²) in [5.41, 5.74) is 0. The van der Waals surface area contributed by atoms with Crippen LogP contribution in [-0.4, -0.2) is 26.2 Å². The maximum atomic E-state index is 6.02. The van der Waals surface area contributed by atoms with E-state index in [1.165, 1.54) is 32.5 Å². The van der Waals surface area contributed by atoms with Crippen LogP contribution in [0.4, 0.5) is 0 Å². The van der Waals surface area contributed by atoms with Crippen LogP contribution < -0.4 is 9.64 Å². The molecule has 0 saturated heterocycles. The summed E-state index contributed by atoms with van der Waals surface area (Å²) in [6.07, 6.45) is 3.61. The number of unbranched alkanes of at least 4 members (excludes halogenated alkanes) is 2. The summed E-state index contributed by atoms with van der Waals surface area (Å²) in [6, 6.07) is 7.65. The molecule has 18 heavy (non-hydrogen) atoms. The zero-order chi connectivity index (χ0) is 13.2. The highest BCUT2D eigenvalue weighted by Crippen LogP contribution is 2.23. The van der Waals surface area contributed by atoms with Gasteiger partial charge in [-0.25, -0.2) is 0 Å². The van der Waals surface area contributed by atoms with Crippen LogP contribution in [-0.2, 0) is 0 Å². The fourth-order valence-corrected chi connectivity index (χ4v) is 2.19. The molecule has 0 saturated carbocycles. The molecule has 102 valence electrons. The van der Waals surface area contributed by atoms with Crippen molar-refractivity contribution in [1.29, 1.82) is 0 Å². The van der Waals surface area contributed by atoms with E-state index in [-0.39, 0.29) is 0 Å². The quantitative estimate of drug-likeness (QED) is 0.682. The molecule has 3 heteroatoms. The molecule has 0 fully saturated rings. The SMILES string of the molecule is CC[NH+](CC)CCCCCOc1ccccc1Cl. The summed E-state index contributed by atoms with van der Waals surface area (Å²) in [5.74, 6) is 0.800. The number of benzene rings is 1. The van der Waals surface area contributed by atoms with Gasteiger partial charge < -0.3 is 9.64 Å². The molecule has 0 unspecified atom stereocenters. The first-order valence-corrected chi connectivity index (χ1v) is 7.36. The molecule has 2 nitrogen and oxygen atoms in total. The standard InChI is InChI=1S/C15H24ClNO/c1-3-17(4-2)12-8-5-9-13-18-15-11-7-6-10-14(15)16/h6-7,10-11H,3-5,8-9,12-13H2,1-2H3/p+1. The van der Waals surface area contributed by atoms with Gasteiger partial charge in [-0.05, 0) is 45.2 Å². The predicted octanol–water partition coefficient (Wildman–Crippen LogP) is 2.81. The topological polar surface area (TPSA) is 13.7 Å². The first kappa shape index (κ1) is 15.3. The summed E-state index contributed by atoms with van der Waals surface area (Å²) in [5, 5.41) is 0.699. The highest BCUT2D eigenvalue weighted by molar-refractivity contribution is 6.32. The Bertz CT molecular complexity index is 326. The fraction of sp³-hybridized carbons (Fsp3) is 0.600. The first-order valence-electron chi connectivity index (χ1n) is 6.98. The smallest absolute Gasteiger partial charge is 0.137 e. The molecule has 1 aromatic rings. The summed E-state index contributed by atoms with van der Waals surface area (Å²) >= 11 is 6.02. The number of quaternary nitrogens is 1. The lowest BCUT2D eigenvalue weighted by Crippen LogP contribution is -3.11. The highest BCUT2D eigenvalue weighted by atomic mass is 35.5. The van der Waals surface area contributed by atoms with E-state index in [0.29, 0.717) is 5.02 Å². The molecule has 1 rings (SSSR count). The zero-order valence-corrected chi connectivity index (χ0v) is 12.3. The molecular weight excluding hydrogens is 246 g/mol. The van der Waals surface area contributed by atoms with Gasteiger partial charge in [0.05, 0.1) is 31.3 Å². The van der Waals surface area contributed by atoms with Crippen molar-refractivity contribution in [2.24, 2.45) is 0 Å². The molecule has 0 amide bonds. The van der Waals surface area contributed by atoms with E-state index in [0.717, 1.165) is 18.8 Å². The van der Waals surface area contributed by atoms with Gasteiger partial charge in [-0.15, -0.1) is 0 Å². The van der Waals surface area contributed by atoms with E-state index < -0.39 is 0 Å². The number of hydrogen-bond donors (Lipinski definition) is 1. The lowest BCUT2D eigenvalue weighted by Gasteiger charge is -2.14. The maximum absolute atomic E-state index is 6.02. The van der Waals surface area contributed by atoms with Gasteiger partial charge in [0.25, 0.3) is 0 Å². The average Bonchev–Trinajstić information content (AvgIpc) is 2.40. The van der Waals surface area contributed by atoms with Crippen LogP contribution in [0.2, 0.25) is 5.02 Å². The van der Waals surface area contributed by atoms with Gasteiger partial charge in [0, 0.05) is 0 Å². The van der Waals surface area contributed by atoms with Crippen molar-refractivity contribution in [3.05, 3.63) is 29.3 Å². The van der Waals surface area contributed by atoms with Gasteiger partial charge in [0.15, 0.2) is 0 Å². The van der Waals surface area contributed by atoms with Gasteiger partial charge in [0.2, 0.25) is 0 Å². The van der Waals surface area contributed by atoms with Crippen LogP contribution in [0.5, 0.6) is 5.75 Å². The molecule has 0 radical (unpaired) electrons. The lowest BCUT2D eigenvalue weighted by molar-refractivity contribution is -0.896. The third-order valence-electron chi connectivity index (χ3n) is 3.27. The van der Waals surface area contributed by atoms with E-state index in [1.807, 2.05) is 24.3 Å². The van der Waals surface area contributed by atoms with Crippen LogP contribution >= 0.6 is 11.6 Å². The monoisotopic (exact) mass is 270 g/mol. The Balaban J connectivity index is 2.07. The van der Waals surface area contributed by atoms with E-state index in [1.54, 1.807) is 4.90 Å². The van der Waals surface area contributed by atoms with E-state index >= 15 is 0 Å². The third kappa shape index (κ3) is 5.74. The fourth-order valence-electron chi connectivity index (χ4n) is 2.00. The molecule has 0 atom stereocenters. The van der Waals surface area contributed by atoms with Gasteiger partial charge in [-0.1, -0.05) is 23.7 Å². The summed E-state index contributed by atoms with van der Waals surface area (Å²) in [4.78, 5) is 1.68. The van der Waals surface area contributed by atoms with Crippen LogP contribution in [0.25, 0.3) is 0 Å². The molecular formula is C15H25ClNO+. The molecule has 0 aromatic heterocycles. The van der Waals surface area contributed by atoms with Gasteiger partial charge in [0.1, 0.15) is 5.75 Å². The maximum Gasteiger partial charge on any atom is 0.137 e. The Kier molecular flexibility index (Phi) is 7.86. The van der Waals surface area contributed by atoms with Gasteiger partial charge in [-0.3, -0.25) is 0 Å². The molecule has 0 aliphatic rings. The van der Waals surface area contributed by atoms with Crippen molar-refractivity contribution in [1.82, 2.24) is 0 Å². The normalized spacial score (nSPS) is 10.9. The van der Waals surface area contributed by atoms with E-state index in [9.17, 15) is 0 Å². The van der Waals surface area contributed by atoms with Gasteiger partial charge in [-0.2, -0.15) is 0 Å². The largest absolute Gasteiger partial charge is 0.492 e. The number of ether oxygens (including phenoxy) is 1. The molecule has 0 spiro atoms. The minimum absolute atomic E-state index is 0.699. The molecule has 1 N–H and O–H groups in total. The summed E-state index contributed by atoms with van der Waals surface area (Å²) in [7, 11) is 0. The van der Waals surface area contributed by atoms with E-state index in [2.05, 4.69) is 13.8 Å². The first-order chi connectivity index (χ1) is 8.77. The Hall–Kier alpha value is -0.730. The number of nitrogens with one attached hydrogen (secondary N) is 1. The molecule has 0 heterocycles. The van der Waals surface area contributed by atoms with Crippen molar-refractivity contribution in [2.45, 2.75) is 33.1 Å². The average molecular weight is 271 g/mol. The van der Waals surface area contributed by atoms with Crippen LogP contribution in [0, 0.1) is 0 Å². The molecule has 0 bridgehead atoms. The second kappa shape index (κ2) is 9.23. The molecule has 0 aliphatic heterocycles. The van der Waals surface area contributed by atoms with Crippen LogP contribution in [0.15, 0.2) is 24.3 Å². The van der Waals surface area contributed by atoms with Gasteiger partial charge >= 0.3 is 0 Å². The third-order valence-corrected chi connectivity index (χ3v) is 3.58. The number of halogens is 1. The molecule has 1 aromatic carbocycles. The van der Waals surface area contributed by atoms with Crippen molar-refractivity contribution in [3.63, 3.8) is 0 Å². The Morgan fingerprint density at radius 2 is 1.78 bits per heavy atom. The summed E-state index contributed by atoms with van der Waals surface area (Å²) in [6.45, 7) is 8.99. The minimum Gasteiger partial charge on any atom is -0.492 e. The van der Waals surface area contributed by atoms with E-state index in [4.69, 9.17) is 16.3 Å². The zero-order valence-electron chi connectivity index (χ0n) is 11.5. The summed E-state index contributed by atoms with van der Waals surface area (Å²) < 4.78 is 5.66. The van der Waals surface area contributed by atoms with Crippen LogP contribution in [0.3, 0.4) is 0 Å². The van der Waals surface area contributed by atoms with Crippen molar-refractivity contribution < 1.29 is 9.64 Å². The van der Waals surface area contributed by atoms with Crippen molar-refractivity contribution in [2.75, 3.05) is 26.2 Å². The number of para-hydroxylation sites is 1. The Morgan fingerprint density at radius 1 is 1.06 bits per heavy atom. The van der Waals surface area contributed by atoms with Crippen LogP contribution in [0.1, 0.15) is 33.1 Å². The predicted molar refractivity (Wildman–Crippen MR) is 77.7 cm³/mol. The van der Waals surface area contributed by atoms with Crippen molar-refractivity contribution in [3.8, 4) is 5.75 Å². The Labute approximate surface area is 116 Å². The lowest BCUT2D eigenvalue weighted by atomic mass is 10.2. The number of rotatable bonds is 9. The highest BCUT2D eigenvalue weighted by Gasteiger charge is 2.02. The molecule has 0 aliphatic carbocycles.